The van der Waals surface area contributed by atoms with Gasteiger partial charge in [-0.05, 0) is 106 Å². The normalized spacial score (nSPS) is 15.1. The molecule has 196 valence electrons. The van der Waals surface area contributed by atoms with Gasteiger partial charge in [-0.15, -0.1) is 0 Å². The first-order valence-electron chi connectivity index (χ1n) is 12.4. The van der Waals surface area contributed by atoms with Crippen LogP contribution in [0.15, 0.2) is 93.2 Å². The number of carbonyl (C=O) groups is 2. The van der Waals surface area contributed by atoms with Crippen molar-refractivity contribution in [3.63, 3.8) is 0 Å². The third kappa shape index (κ3) is 6.24. The van der Waals surface area contributed by atoms with E-state index in [2.05, 4.69) is 50.5 Å². The molecule has 39 heavy (non-hydrogen) atoms. The summed E-state index contributed by atoms with van der Waals surface area (Å²) < 4.78 is 12.9. The summed E-state index contributed by atoms with van der Waals surface area (Å²) in [6.07, 6.45) is 1.79. The van der Waals surface area contributed by atoms with Crippen LogP contribution >= 0.6 is 27.7 Å². The number of Topliss-reactive ketones (excluding diaryl/α,β-unsaturated/α-hetero) is 1. The fourth-order valence-electron chi connectivity index (χ4n) is 4.16. The van der Waals surface area contributed by atoms with Gasteiger partial charge < -0.3 is 14.8 Å². The maximum atomic E-state index is 12.7. The molecule has 1 aliphatic rings. The fraction of sp³-hybridized carbons (Fsp3) is 0.129. The van der Waals surface area contributed by atoms with E-state index in [1.54, 1.807) is 30.3 Å². The minimum atomic E-state index is -0.232. The first kappa shape index (κ1) is 26.7. The molecule has 0 radical (unpaired) electrons. The number of amidine groups is 1. The number of aliphatic imine (C=N–C) groups is 1. The molecule has 5 rings (SSSR count). The van der Waals surface area contributed by atoms with E-state index in [-0.39, 0.29) is 11.7 Å². The quantitative estimate of drug-likeness (QED) is 0.166. The van der Waals surface area contributed by atoms with Crippen molar-refractivity contribution < 1.29 is 19.1 Å². The summed E-state index contributed by atoms with van der Waals surface area (Å²) in [6, 6.07) is 25.1. The highest BCUT2D eigenvalue weighted by molar-refractivity contribution is 9.10. The number of amides is 1. The molecule has 0 aliphatic carbocycles. The summed E-state index contributed by atoms with van der Waals surface area (Å²) >= 11 is 4.89. The van der Waals surface area contributed by atoms with Crippen molar-refractivity contribution in [2.75, 3.05) is 6.61 Å². The molecule has 4 aromatic carbocycles. The van der Waals surface area contributed by atoms with Gasteiger partial charge in [-0.1, -0.05) is 42.5 Å². The van der Waals surface area contributed by atoms with Gasteiger partial charge in [-0.25, -0.2) is 4.99 Å². The number of fused-ring (bicyclic) bond motifs is 1. The third-order valence-electron chi connectivity index (χ3n) is 6.04. The molecule has 0 unspecified atom stereocenters. The number of halogens is 1. The van der Waals surface area contributed by atoms with Gasteiger partial charge in [-0.3, -0.25) is 9.59 Å². The molecule has 0 atom stereocenters. The number of benzene rings is 4. The van der Waals surface area contributed by atoms with Crippen LogP contribution in [-0.2, 0) is 11.4 Å². The summed E-state index contributed by atoms with van der Waals surface area (Å²) in [5, 5.41) is 5.58. The lowest BCUT2D eigenvalue weighted by Gasteiger charge is -2.15. The molecule has 6 nitrogen and oxygen atoms in total. The Morgan fingerprint density at radius 3 is 2.56 bits per heavy atom. The highest BCUT2D eigenvalue weighted by Gasteiger charge is 2.24. The Labute approximate surface area is 239 Å². The predicted molar refractivity (Wildman–Crippen MR) is 161 cm³/mol. The number of ether oxygens (including phenoxy) is 2. The van der Waals surface area contributed by atoms with Crippen LogP contribution in [0.2, 0.25) is 0 Å². The fourth-order valence-corrected chi connectivity index (χ4v) is 5.58. The number of nitrogens with zero attached hydrogens (tertiary/aromatic N) is 1. The number of hydrogen-bond donors (Lipinski definition) is 1. The van der Waals surface area contributed by atoms with E-state index in [1.807, 2.05) is 37.3 Å². The van der Waals surface area contributed by atoms with Crippen molar-refractivity contribution in [1.29, 1.82) is 0 Å². The second-order valence-electron chi connectivity index (χ2n) is 8.77. The van der Waals surface area contributed by atoms with E-state index in [1.165, 1.54) is 18.7 Å². The number of ketones is 1. The van der Waals surface area contributed by atoms with Crippen LogP contribution in [0.5, 0.6) is 11.5 Å². The van der Waals surface area contributed by atoms with E-state index >= 15 is 0 Å². The summed E-state index contributed by atoms with van der Waals surface area (Å²) in [4.78, 5) is 29.2. The maximum absolute atomic E-state index is 12.7. The Kier molecular flexibility index (Phi) is 8.14. The highest BCUT2D eigenvalue weighted by Crippen LogP contribution is 2.39. The molecule has 8 heteroatoms. The number of rotatable bonds is 8. The summed E-state index contributed by atoms with van der Waals surface area (Å²) in [7, 11) is 0. The van der Waals surface area contributed by atoms with Crippen molar-refractivity contribution in [2.24, 2.45) is 4.99 Å². The Morgan fingerprint density at radius 1 is 1.03 bits per heavy atom. The molecule has 0 saturated carbocycles. The summed E-state index contributed by atoms with van der Waals surface area (Å²) in [5.41, 5.74) is 3.13. The molecular formula is C31H25BrN2O4S. The lowest BCUT2D eigenvalue weighted by atomic mass is 10.1. The van der Waals surface area contributed by atoms with Crippen molar-refractivity contribution in [1.82, 2.24) is 5.32 Å². The Hall–Kier alpha value is -3.88. The van der Waals surface area contributed by atoms with Crippen molar-refractivity contribution >= 4 is 67.1 Å². The zero-order valence-electron chi connectivity index (χ0n) is 21.4. The first-order chi connectivity index (χ1) is 18.9. The van der Waals surface area contributed by atoms with Gasteiger partial charge in [0, 0.05) is 5.56 Å². The smallest absolute Gasteiger partial charge is 0.264 e. The predicted octanol–water partition coefficient (Wildman–Crippen LogP) is 7.67. The van der Waals surface area contributed by atoms with Gasteiger partial charge in [0.05, 0.1) is 21.7 Å². The molecular weight excluding hydrogens is 576 g/mol. The summed E-state index contributed by atoms with van der Waals surface area (Å²) in [5.74, 6) is 0.948. The Morgan fingerprint density at radius 2 is 1.79 bits per heavy atom. The number of nitrogens with one attached hydrogen (secondary N) is 1. The minimum absolute atomic E-state index is 0.00877. The molecule has 0 bridgehead atoms. The molecule has 1 N–H and O–H groups in total. The molecule has 4 aromatic rings. The van der Waals surface area contributed by atoms with Crippen LogP contribution in [0.3, 0.4) is 0 Å². The van der Waals surface area contributed by atoms with Gasteiger partial charge in [0.2, 0.25) is 0 Å². The number of hydrogen-bond acceptors (Lipinski definition) is 6. The van der Waals surface area contributed by atoms with E-state index in [4.69, 9.17) is 9.47 Å². The molecule has 1 fully saturated rings. The van der Waals surface area contributed by atoms with Crippen LogP contribution in [0, 0.1) is 0 Å². The van der Waals surface area contributed by atoms with E-state index in [9.17, 15) is 9.59 Å². The third-order valence-corrected chi connectivity index (χ3v) is 7.54. The average Bonchev–Trinajstić information content (AvgIpc) is 3.26. The van der Waals surface area contributed by atoms with Gasteiger partial charge in [-0.2, -0.15) is 0 Å². The maximum Gasteiger partial charge on any atom is 0.264 e. The number of thioether (sulfide) groups is 1. The van der Waals surface area contributed by atoms with Crippen molar-refractivity contribution in [3.05, 3.63) is 105 Å². The van der Waals surface area contributed by atoms with Crippen LogP contribution in [-0.4, -0.2) is 23.5 Å². The standard InChI is InChI=1S/C31H25BrN2O4S/c1-3-37-27-16-20(15-26(32)29(27)38-18-23-9-6-8-22-7-4-5-10-25(22)23)17-28-30(36)34-31(39-28)33-24-13-11-21(12-14-24)19(2)35/h4-17H,3,18H2,1-2H3,(H,33,34,36). The lowest BCUT2D eigenvalue weighted by molar-refractivity contribution is -0.115. The number of carbonyl (C=O) groups excluding carboxylic acids is 2. The topological polar surface area (TPSA) is 77.0 Å². The second kappa shape index (κ2) is 11.9. The average molecular weight is 602 g/mol. The molecule has 1 heterocycles. The molecule has 0 spiro atoms. The first-order valence-corrected chi connectivity index (χ1v) is 14.0. The van der Waals surface area contributed by atoms with Crippen LogP contribution in [0.25, 0.3) is 16.8 Å². The Balaban J connectivity index is 1.36. The van der Waals surface area contributed by atoms with Gasteiger partial charge >= 0.3 is 0 Å². The van der Waals surface area contributed by atoms with Crippen molar-refractivity contribution in [2.45, 2.75) is 20.5 Å². The van der Waals surface area contributed by atoms with Gasteiger partial charge in [0.15, 0.2) is 22.4 Å². The SMILES string of the molecule is CCOc1cc(C=C2SC(=Nc3ccc(C(C)=O)cc3)NC2=O)cc(Br)c1OCc1cccc2ccccc12. The van der Waals surface area contributed by atoms with E-state index < -0.39 is 0 Å². The zero-order chi connectivity index (χ0) is 27.4. The van der Waals surface area contributed by atoms with Gasteiger partial charge in [0.1, 0.15) is 6.61 Å². The zero-order valence-corrected chi connectivity index (χ0v) is 23.8. The molecule has 1 saturated heterocycles. The largest absolute Gasteiger partial charge is 0.490 e. The van der Waals surface area contributed by atoms with Crippen LogP contribution in [0.1, 0.15) is 35.3 Å². The van der Waals surface area contributed by atoms with E-state index in [0.717, 1.165) is 26.4 Å². The summed E-state index contributed by atoms with van der Waals surface area (Å²) in [6.45, 7) is 4.28. The van der Waals surface area contributed by atoms with Gasteiger partial charge in [0.25, 0.3) is 5.91 Å². The van der Waals surface area contributed by atoms with E-state index in [0.29, 0.717) is 46.0 Å². The van der Waals surface area contributed by atoms with Crippen LogP contribution in [0.4, 0.5) is 5.69 Å². The molecule has 1 amide bonds. The Bertz CT molecular complexity index is 1620. The molecule has 1 aliphatic heterocycles. The second-order valence-corrected chi connectivity index (χ2v) is 10.7. The van der Waals surface area contributed by atoms with Crippen LogP contribution < -0.4 is 14.8 Å². The highest BCUT2D eigenvalue weighted by atomic mass is 79.9. The van der Waals surface area contributed by atoms with Crippen molar-refractivity contribution in [3.8, 4) is 11.5 Å². The minimum Gasteiger partial charge on any atom is -0.490 e. The monoisotopic (exact) mass is 600 g/mol. The molecule has 0 aromatic heterocycles. The lowest BCUT2D eigenvalue weighted by Crippen LogP contribution is -2.19.